The third-order valence-corrected chi connectivity index (χ3v) is 5.59. The van der Waals surface area contributed by atoms with Gasteiger partial charge in [0.25, 0.3) is 5.91 Å². The Morgan fingerprint density at radius 2 is 1.81 bits per heavy atom. The van der Waals surface area contributed by atoms with E-state index < -0.39 is 0 Å². The molecule has 0 unspecified atom stereocenters. The zero-order chi connectivity index (χ0) is 18.5. The molecular weight excluding hydrogens is 368 g/mol. The Balaban J connectivity index is 2.06. The fraction of sp³-hybridized carbons (Fsp3) is 0.263. The smallest absolute Gasteiger partial charge is 0.279 e. The highest BCUT2D eigenvalue weighted by atomic mass is 32.2. The number of methoxy groups -OCH3 is 2. The molecular formula is C19H20N2O3S2. The molecule has 1 heterocycles. The van der Waals surface area contributed by atoms with Gasteiger partial charge in [-0.3, -0.25) is 4.79 Å². The van der Waals surface area contributed by atoms with Crippen molar-refractivity contribution in [3.05, 3.63) is 52.8 Å². The molecule has 0 saturated heterocycles. The second-order valence-electron chi connectivity index (χ2n) is 5.51. The lowest BCUT2D eigenvalue weighted by Gasteiger charge is -2.05. The van der Waals surface area contributed by atoms with Crippen molar-refractivity contribution in [2.75, 3.05) is 26.2 Å². The summed E-state index contributed by atoms with van der Waals surface area (Å²) in [6.07, 6.45) is 2.06. The van der Waals surface area contributed by atoms with Crippen LogP contribution in [-0.4, -0.2) is 36.7 Å². The molecule has 0 spiro atoms. The van der Waals surface area contributed by atoms with Crippen molar-refractivity contribution in [2.24, 2.45) is 4.99 Å². The molecule has 0 atom stereocenters. The van der Waals surface area contributed by atoms with Crippen molar-refractivity contribution < 1.29 is 14.3 Å². The van der Waals surface area contributed by atoms with E-state index in [4.69, 9.17) is 9.47 Å². The van der Waals surface area contributed by atoms with Crippen LogP contribution in [0.15, 0.2) is 47.5 Å². The molecule has 1 amide bonds. The minimum absolute atomic E-state index is 0.260. The maximum absolute atomic E-state index is 12.6. The van der Waals surface area contributed by atoms with E-state index in [2.05, 4.69) is 15.8 Å². The lowest BCUT2D eigenvalue weighted by atomic mass is 10.2. The number of amides is 1. The van der Waals surface area contributed by atoms with Crippen LogP contribution < -0.4 is 14.3 Å². The number of benzene rings is 2. The number of rotatable bonds is 6. The van der Waals surface area contributed by atoms with Crippen LogP contribution in [0, 0.1) is 0 Å². The largest absolute Gasteiger partial charge is 0.497 e. The highest BCUT2D eigenvalue weighted by Gasteiger charge is 2.10. The van der Waals surface area contributed by atoms with Crippen molar-refractivity contribution in [3.63, 3.8) is 0 Å². The van der Waals surface area contributed by atoms with Gasteiger partial charge in [0.15, 0.2) is 4.80 Å². The molecule has 5 nitrogen and oxygen atoms in total. The number of ether oxygens (including phenoxy) is 2. The van der Waals surface area contributed by atoms with Gasteiger partial charge in [-0.25, -0.2) is 0 Å². The molecule has 136 valence electrons. The summed E-state index contributed by atoms with van der Waals surface area (Å²) in [6.45, 7) is 0.781. The highest BCUT2D eigenvalue weighted by molar-refractivity contribution is 7.98. The number of aryl methyl sites for hydroxylation is 1. The van der Waals surface area contributed by atoms with E-state index in [0.29, 0.717) is 16.1 Å². The maximum atomic E-state index is 12.6. The molecule has 0 N–H and O–H groups in total. The number of hydrogen-bond donors (Lipinski definition) is 0. The van der Waals surface area contributed by atoms with Gasteiger partial charge in [0.1, 0.15) is 11.5 Å². The van der Waals surface area contributed by atoms with Gasteiger partial charge in [0, 0.05) is 23.9 Å². The van der Waals surface area contributed by atoms with E-state index in [0.717, 1.165) is 28.3 Å². The molecule has 0 radical (unpaired) electrons. The third-order valence-electron chi connectivity index (χ3n) is 3.94. The fourth-order valence-electron chi connectivity index (χ4n) is 2.54. The van der Waals surface area contributed by atoms with Gasteiger partial charge in [-0.15, -0.1) is 0 Å². The number of aromatic nitrogens is 1. The van der Waals surface area contributed by atoms with Crippen LogP contribution in [0.1, 0.15) is 10.4 Å². The van der Waals surface area contributed by atoms with Crippen molar-refractivity contribution in [1.29, 1.82) is 0 Å². The molecule has 0 saturated carbocycles. The van der Waals surface area contributed by atoms with Crippen LogP contribution in [-0.2, 0) is 6.54 Å². The summed E-state index contributed by atoms with van der Waals surface area (Å²) >= 11 is 3.27. The first-order valence-electron chi connectivity index (χ1n) is 8.05. The SMILES string of the molecule is COc1ccc(C(=O)N=c2sc3ccc(OC)cc3n2CCSC)cc1. The number of carbonyl (C=O) groups excluding carboxylic acids is 1. The van der Waals surface area contributed by atoms with Gasteiger partial charge in [0.2, 0.25) is 0 Å². The number of carbonyl (C=O) groups is 1. The van der Waals surface area contributed by atoms with Crippen LogP contribution in [0.4, 0.5) is 0 Å². The number of thiazole rings is 1. The zero-order valence-corrected chi connectivity index (χ0v) is 16.5. The Morgan fingerprint density at radius 1 is 1.12 bits per heavy atom. The second kappa shape index (κ2) is 8.42. The van der Waals surface area contributed by atoms with Gasteiger partial charge < -0.3 is 14.0 Å². The van der Waals surface area contributed by atoms with Crippen LogP contribution in [0.3, 0.4) is 0 Å². The molecule has 3 rings (SSSR count). The van der Waals surface area contributed by atoms with E-state index >= 15 is 0 Å². The summed E-state index contributed by atoms with van der Waals surface area (Å²) in [7, 11) is 3.25. The van der Waals surface area contributed by atoms with Gasteiger partial charge in [-0.2, -0.15) is 16.8 Å². The topological polar surface area (TPSA) is 52.8 Å². The highest BCUT2D eigenvalue weighted by Crippen LogP contribution is 2.23. The Kier molecular flexibility index (Phi) is 6.00. The summed E-state index contributed by atoms with van der Waals surface area (Å²) in [6, 6.07) is 12.9. The maximum Gasteiger partial charge on any atom is 0.279 e. The van der Waals surface area contributed by atoms with Crippen molar-refractivity contribution in [2.45, 2.75) is 6.54 Å². The van der Waals surface area contributed by atoms with E-state index in [9.17, 15) is 4.79 Å². The summed E-state index contributed by atoms with van der Waals surface area (Å²) < 4.78 is 13.6. The number of nitrogens with zero attached hydrogens (tertiary/aromatic N) is 2. The Morgan fingerprint density at radius 3 is 2.46 bits per heavy atom. The van der Waals surface area contributed by atoms with Crippen LogP contribution in [0.5, 0.6) is 11.5 Å². The third kappa shape index (κ3) is 3.94. The van der Waals surface area contributed by atoms with Gasteiger partial charge in [0.05, 0.1) is 24.4 Å². The summed E-state index contributed by atoms with van der Waals surface area (Å²) in [4.78, 5) is 17.7. The van der Waals surface area contributed by atoms with E-state index in [-0.39, 0.29) is 5.91 Å². The molecule has 26 heavy (non-hydrogen) atoms. The van der Waals surface area contributed by atoms with Crippen LogP contribution in [0.25, 0.3) is 10.2 Å². The summed E-state index contributed by atoms with van der Waals surface area (Å²) in [5.74, 6) is 2.18. The predicted octanol–water partition coefficient (Wildman–Crippen LogP) is 3.82. The lowest BCUT2D eigenvalue weighted by molar-refractivity contribution is 0.0998. The second-order valence-corrected chi connectivity index (χ2v) is 7.50. The molecule has 3 aromatic rings. The standard InChI is InChI=1S/C19H20N2O3S2/c1-23-14-6-4-13(5-7-14)18(22)20-19-21(10-11-25-3)16-12-15(24-2)8-9-17(16)26-19/h4-9,12H,10-11H2,1-3H3. The fourth-order valence-corrected chi connectivity index (χ4v) is 3.94. The van der Waals surface area contributed by atoms with Gasteiger partial charge >= 0.3 is 0 Å². The molecule has 0 aliphatic rings. The van der Waals surface area contributed by atoms with E-state index in [1.54, 1.807) is 50.2 Å². The first kappa shape index (κ1) is 18.5. The first-order valence-corrected chi connectivity index (χ1v) is 10.3. The number of thioether (sulfide) groups is 1. The average Bonchev–Trinajstić information content (AvgIpc) is 3.02. The Hall–Kier alpha value is -2.25. The number of fused-ring (bicyclic) bond motifs is 1. The molecule has 0 aliphatic carbocycles. The van der Waals surface area contributed by atoms with E-state index in [1.807, 2.05) is 18.2 Å². The Labute approximate surface area is 160 Å². The predicted molar refractivity (Wildman–Crippen MR) is 108 cm³/mol. The lowest BCUT2D eigenvalue weighted by Crippen LogP contribution is -2.18. The van der Waals surface area contributed by atoms with E-state index in [1.165, 1.54) is 11.3 Å². The summed E-state index contributed by atoms with van der Waals surface area (Å²) in [5, 5.41) is 0. The number of hydrogen-bond acceptors (Lipinski definition) is 5. The first-order chi connectivity index (χ1) is 12.7. The zero-order valence-electron chi connectivity index (χ0n) is 14.9. The molecule has 2 aromatic carbocycles. The van der Waals surface area contributed by atoms with Crippen molar-refractivity contribution in [1.82, 2.24) is 4.57 Å². The Bertz CT molecular complexity index is 975. The quantitative estimate of drug-likeness (QED) is 0.644. The monoisotopic (exact) mass is 388 g/mol. The van der Waals surface area contributed by atoms with Gasteiger partial charge in [-0.05, 0) is 42.7 Å². The van der Waals surface area contributed by atoms with Crippen LogP contribution >= 0.6 is 23.1 Å². The molecule has 7 heteroatoms. The average molecular weight is 389 g/mol. The molecule has 0 aliphatic heterocycles. The molecule has 0 bridgehead atoms. The van der Waals surface area contributed by atoms with Crippen molar-refractivity contribution >= 4 is 39.2 Å². The summed E-state index contributed by atoms with van der Waals surface area (Å²) in [5.41, 5.74) is 1.57. The molecule has 0 fully saturated rings. The van der Waals surface area contributed by atoms with Gasteiger partial charge in [-0.1, -0.05) is 11.3 Å². The molecule has 1 aromatic heterocycles. The van der Waals surface area contributed by atoms with Crippen molar-refractivity contribution in [3.8, 4) is 11.5 Å². The minimum Gasteiger partial charge on any atom is -0.497 e. The van der Waals surface area contributed by atoms with Crippen LogP contribution in [0.2, 0.25) is 0 Å². The normalized spacial score (nSPS) is 11.7. The minimum atomic E-state index is -0.260.